The van der Waals surface area contributed by atoms with Crippen LogP contribution >= 0.6 is 0 Å². The van der Waals surface area contributed by atoms with Crippen LogP contribution in [-0.4, -0.2) is 43.2 Å². The zero-order valence-electron chi connectivity index (χ0n) is 13.3. The highest BCUT2D eigenvalue weighted by molar-refractivity contribution is 5.84. The molecule has 4 nitrogen and oxygen atoms in total. The van der Waals surface area contributed by atoms with Crippen molar-refractivity contribution < 1.29 is 9.53 Å². The fourth-order valence-corrected chi connectivity index (χ4v) is 2.96. The first-order chi connectivity index (χ1) is 10.1. The van der Waals surface area contributed by atoms with E-state index in [9.17, 15) is 4.79 Å². The molecule has 1 saturated heterocycles. The topological polar surface area (TPSA) is 41.6 Å². The molecule has 2 rings (SSSR count). The molecule has 1 N–H and O–H groups in total. The maximum atomic E-state index is 12.3. The Kier molecular flexibility index (Phi) is 5.23. The molecule has 1 aromatic carbocycles. The van der Waals surface area contributed by atoms with Crippen molar-refractivity contribution in [3.8, 4) is 0 Å². The van der Waals surface area contributed by atoms with Gasteiger partial charge in [0.1, 0.15) is 5.54 Å². The van der Waals surface area contributed by atoms with Crippen molar-refractivity contribution in [3.63, 3.8) is 0 Å². The summed E-state index contributed by atoms with van der Waals surface area (Å²) in [5.41, 5.74) is 1.61. The molecule has 1 aliphatic heterocycles. The van der Waals surface area contributed by atoms with E-state index in [2.05, 4.69) is 36.2 Å². The van der Waals surface area contributed by atoms with E-state index in [4.69, 9.17) is 4.74 Å². The standard InChI is InChI=1S/C17H26N2O2/c1-4-11-19-12-9-17(10-13-19,16(20)21-3)18-15-7-5-14(2)6-8-15/h5-8,18H,4,9-13H2,1-3H3. The highest BCUT2D eigenvalue weighted by Gasteiger charge is 2.42. The van der Waals surface area contributed by atoms with Gasteiger partial charge in [-0.3, -0.25) is 0 Å². The number of nitrogens with one attached hydrogen (secondary N) is 1. The quantitative estimate of drug-likeness (QED) is 0.847. The summed E-state index contributed by atoms with van der Waals surface area (Å²) < 4.78 is 5.06. The summed E-state index contributed by atoms with van der Waals surface area (Å²) >= 11 is 0. The van der Waals surface area contributed by atoms with Crippen molar-refractivity contribution in [2.45, 2.75) is 38.6 Å². The summed E-state index contributed by atoms with van der Waals surface area (Å²) in [4.78, 5) is 14.7. The van der Waals surface area contributed by atoms with Crippen molar-refractivity contribution in [1.82, 2.24) is 4.90 Å². The predicted octanol–water partition coefficient (Wildman–Crippen LogP) is 2.82. The number of carbonyl (C=O) groups excluding carboxylic acids is 1. The maximum absolute atomic E-state index is 12.3. The molecule has 0 atom stereocenters. The molecule has 0 bridgehead atoms. The Balaban J connectivity index is 2.11. The summed E-state index contributed by atoms with van der Waals surface area (Å²) in [6.45, 7) is 7.21. The first-order valence-electron chi connectivity index (χ1n) is 7.75. The lowest BCUT2D eigenvalue weighted by molar-refractivity contribution is -0.147. The van der Waals surface area contributed by atoms with E-state index in [1.54, 1.807) is 0 Å². The second-order valence-corrected chi connectivity index (χ2v) is 5.91. The molecule has 1 heterocycles. The molecular weight excluding hydrogens is 264 g/mol. The number of esters is 1. The van der Waals surface area contributed by atoms with Gasteiger partial charge in [0, 0.05) is 18.8 Å². The van der Waals surface area contributed by atoms with Crippen LogP contribution < -0.4 is 5.32 Å². The van der Waals surface area contributed by atoms with Crippen molar-refractivity contribution in [3.05, 3.63) is 29.8 Å². The lowest BCUT2D eigenvalue weighted by atomic mass is 9.87. The number of piperidine rings is 1. The van der Waals surface area contributed by atoms with Crippen LogP contribution in [-0.2, 0) is 9.53 Å². The first-order valence-corrected chi connectivity index (χ1v) is 7.75. The number of methoxy groups -OCH3 is 1. The molecular formula is C17H26N2O2. The largest absolute Gasteiger partial charge is 0.467 e. The molecule has 0 aromatic heterocycles. The smallest absolute Gasteiger partial charge is 0.331 e. The minimum Gasteiger partial charge on any atom is -0.467 e. The van der Waals surface area contributed by atoms with E-state index in [1.807, 2.05) is 12.1 Å². The third-order valence-corrected chi connectivity index (χ3v) is 4.26. The second-order valence-electron chi connectivity index (χ2n) is 5.91. The molecule has 0 saturated carbocycles. The number of aryl methyl sites for hydroxylation is 1. The minimum atomic E-state index is -0.589. The van der Waals surface area contributed by atoms with Gasteiger partial charge in [0.15, 0.2) is 0 Å². The Morgan fingerprint density at radius 2 is 1.90 bits per heavy atom. The number of hydrogen-bond donors (Lipinski definition) is 1. The fourth-order valence-electron chi connectivity index (χ4n) is 2.96. The van der Waals surface area contributed by atoms with Crippen LogP contribution in [0.5, 0.6) is 0 Å². The Morgan fingerprint density at radius 3 is 2.43 bits per heavy atom. The highest BCUT2D eigenvalue weighted by atomic mass is 16.5. The Labute approximate surface area is 127 Å². The molecule has 1 aromatic rings. The molecule has 21 heavy (non-hydrogen) atoms. The van der Waals surface area contributed by atoms with Crippen molar-refractivity contribution in [1.29, 1.82) is 0 Å². The number of hydrogen-bond acceptors (Lipinski definition) is 4. The molecule has 0 aliphatic carbocycles. The summed E-state index contributed by atoms with van der Waals surface area (Å²) in [6.07, 6.45) is 2.72. The van der Waals surface area contributed by atoms with Gasteiger partial charge in [-0.1, -0.05) is 24.6 Å². The van der Waals surface area contributed by atoms with Crippen molar-refractivity contribution >= 4 is 11.7 Å². The third kappa shape index (κ3) is 3.76. The minimum absolute atomic E-state index is 0.153. The van der Waals surface area contributed by atoms with E-state index >= 15 is 0 Å². The molecule has 1 fully saturated rings. The van der Waals surface area contributed by atoms with Crippen LogP contribution in [0.4, 0.5) is 5.69 Å². The van der Waals surface area contributed by atoms with Gasteiger partial charge in [0.05, 0.1) is 7.11 Å². The SMILES string of the molecule is CCCN1CCC(Nc2ccc(C)cc2)(C(=O)OC)CC1. The summed E-state index contributed by atoms with van der Waals surface area (Å²) in [7, 11) is 1.47. The van der Waals surface area contributed by atoms with Gasteiger partial charge >= 0.3 is 5.97 Å². The van der Waals surface area contributed by atoms with Crippen LogP contribution in [0.25, 0.3) is 0 Å². The number of benzene rings is 1. The number of ether oxygens (including phenoxy) is 1. The van der Waals surface area contributed by atoms with E-state index < -0.39 is 5.54 Å². The van der Waals surface area contributed by atoms with Crippen LogP contribution in [0, 0.1) is 6.92 Å². The van der Waals surface area contributed by atoms with Gasteiger partial charge in [-0.15, -0.1) is 0 Å². The van der Waals surface area contributed by atoms with Gasteiger partial charge in [-0.2, -0.15) is 0 Å². The summed E-state index contributed by atoms with van der Waals surface area (Å²) in [5.74, 6) is -0.153. The first kappa shape index (κ1) is 15.8. The van der Waals surface area contributed by atoms with Crippen LogP contribution in [0.2, 0.25) is 0 Å². The molecule has 0 spiro atoms. The van der Waals surface area contributed by atoms with Crippen LogP contribution in [0.1, 0.15) is 31.7 Å². The van der Waals surface area contributed by atoms with E-state index in [-0.39, 0.29) is 5.97 Å². The van der Waals surface area contributed by atoms with Crippen molar-refractivity contribution in [2.24, 2.45) is 0 Å². The molecule has 0 unspecified atom stereocenters. The zero-order chi connectivity index (χ0) is 15.3. The van der Waals surface area contributed by atoms with E-state index in [1.165, 1.54) is 12.7 Å². The summed E-state index contributed by atoms with van der Waals surface area (Å²) in [6, 6.07) is 8.16. The highest BCUT2D eigenvalue weighted by Crippen LogP contribution is 2.28. The van der Waals surface area contributed by atoms with Gasteiger partial charge < -0.3 is 15.0 Å². The number of anilines is 1. The zero-order valence-corrected chi connectivity index (χ0v) is 13.3. The maximum Gasteiger partial charge on any atom is 0.331 e. The summed E-state index contributed by atoms with van der Waals surface area (Å²) in [5, 5.41) is 3.43. The Morgan fingerprint density at radius 1 is 1.29 bits per heavy atom. The Hall–Kier alpha value is -1.55. The average molecular weight is 290 g/mol. The van der Waals surface area contributed by atoms with Gasteiger partial charge in [-0.05, 0) is 44.9 Å². The molecule has 4 heteroatoms. The number of rotatable bonds is 5. The Bertz CT molecular complexity index is 462. The number of likely N-dealkylation sites (tertiary alicyclic amines) is 1. The van der Waals surface area contributed by atoms with Crippen LogP contribution in [0.3, 0.4) is 0 Å². The van der Waals surface area contributed by atoms with E-state index in [0.717, 1.165) is 44.6 Å². The fraction of sp³-hybridized carbons (Fsp3) is 0.588. The lowest BCUT2D eigenvalue weighted by Crippen LogP contribution is -2.55. The molecule has 0 amide bonds. The molecule has 116 valence electrons. The van der Waals surface area contributed by atoms with Gasteiger partial charge in [-0.25, -0.2) is 4.79 Å². The molecule has 1 aliphatic rings. The second kappa shape index (κ2) is 6.94. The molecule has 0 radical (unpaired) electrons. The van der Waals surface area contributed by atoms with Crippen LogP contribution in [0.15, 0.2) is 24.3 Å². The predicted molar refractivity (Wildman–Crippen MR) is 85.5 cm³/mol. The average Bonchev–Trinajstić information content (AvgIpc) is 2.51. The van der Waals surface area contributed by atoms with Gasteiger partial charge in [0.2, 0.25) is 0 Å². The number of carbonyl (C=O) groups is 1. The van der Waals surface area contributed by atoms with E-state index in [0.29, 0.717) is 0 Å². The third-order valence-electron chi connectivity index (χ3n) is 4.26. The normalized spacial score (nSPS) is 18.2. The number of nitrogens with zero attached hydrogens (tertiary/aromatic N) is 1. The van der Waals surface area contributed by atoms with Gasteiger partial charge in [0.25, 0.3) is 0 Å². The lowest BCUT2D eigenvalue weighted by Gasteiger charge is -2.40. The monoisotopic (exact) mass is 290 g/mol. The van der Waals surface area contributed by atoms with Crippen molar-refractivity contribution in [2.75, 3.05) is 32.1 Å².